The van der Waals surface area contributed by atoms with Crippen LogP contribution in [-0.4, -0.2) is 17.3 Å². The summed E-state index contributed by atoms with van der Waals surface area (Å²) >= 11 is 0. The van der Waals surface area contributed by atoms with E-state index in [1.54, 1.807) is 13.2 Å². The lowest BCUT2D eigenvalue weighted by Crippen LogP contribution is -2.01. The zero-order valence-corrected chi connectivity index (χ0v) is 11.0. The number of methoxy groups -OCH3 is 1. The van der Waals surface area contributed by atoms with Crippen LogP contribution < -0.4 is 5.73 Å². The quantitative estimate of drug-likeness (QED) is 0.836. The summed E-state index contributed by atoms with van der Waals surface area (Å²) in [6, 6.07) is 7.56. The Morgan fingerprint density at radius 1 is 1.42 bits per heavy atom. The van der Waals surface area contributed by atoms with Crippen molar-refractivity contribution in [3.8, 4) is 0 Å². The highest BCUT2D eigenvalue weighted by Crippen LogP contribution is 2.17. The van der Waals surface area contributed by atoms with Crippen LogP contribution in [-0.2, 0) is 4.74 Å². The van der Waals surface area contributed by atoms with Crippen molar-refractivity contribution in [3.63, 3.8) is 0 Å². The minimum atomic E-state index is -0.127. The van der Waals surface area contributed by atoms with Crippen LogP contribution in [0.2, 0.25) is 0 Å². The fourth-order valence-corrected chi connectivity index (χ4v) is 1.73. The van der Waals surface area contributed by atoms with E-state index < -0.39 is 0 Å². The number of nitrogen functional groups attached to an aromatic ring is 1. The molecular weight excluding hydrogens is 242 g/mol. The van der Waals surface area contributed by atoms with Crippen LogP contribution in [0.5, 0.6) is 0 Å². The van der Waals surface area contributed by atoms with Crippen molar-refractivity contribution in [2.24, 2.45) is 0 Å². The maximum absolute atomic E-state index is 5.71. The van der Waals surface area contributed by atoms with Crippen LogP contribution in [0.25, 0.3) is 12.2 Å². The molecule has 2 rings (SSSR count). The second-order valence-corrected chi connectivity index (χ2v) is 4.13. The van der Waals surface area contributed by atoms with Crippen molar-refractivity contribution in [1.29, 1.82) is 0 Å². The lowest BCUT2D eigenvalue weighted by atomic mass is 10.2. The molecule has 0 fully saturated rings. The maximum Gasteiger partial charge on any atom is 0.250 e. The second kappa shape index (κ2) is 6.15. The lowest BCUT2D eigenvalue weighted by molar-refractivity contribution is 0.0903. The van der Waals surface area contributed by atoms with E-state index in [1.807, 2.05) is 37.3 Å². The molecule has 19 heavy (non-hydrogen) atoms. The molecule has 0 bridgehead atoms. The number of hydrogen-bond acceptors (Lipinski definition) is 5. The number of hydrogen-bond donors (Lipinski definition) is 1. The number of nitrogens with zero attached hydrogens (tertiary/aromatic N) is 2. The molecule has 0 amide bonds. The highest BCUT2D eigenvalue weighted by atomic mass is 16.5. The molecule has 5 nitrogen and oxygen atoms in total. The van der Waals surface area contributed by atoms with Gasteiger partial charge in [-0.25, -0.2) is 0 Å². The minimum Gasteiger partial charge on any atom is -0.399 e. The molecule has 2 aromatic rings. The molecule has 5 heteroatoms. The summed E-state index contributed by atoms with van der Waals surface area (Å²) in [5.41, 5.74) is 7.41. The molecule has 0 aliphatic carbocycles. The Morgan fingerprint density at radius 2 is 2.26 bits per heavy atom. The molecule has 2 N–H and O–H groups in total. The number of anilines is 1. The van der Waals surface area contributed by atoms with E-state index in [-0.39, 0.29) is 6.10 Å². The van der Waals surface area contributed by atoms with Gasteiger partial charge in [-0.3, -0.25) is 0 Å². The Balaban J connectivity index is 2.11. The zero-order chi connectivity index (χ0) is 13.7. The molecule has 1 heterocycles. The van der Waals surface area contributed by atoms with Gasteiger partial charge in [-0.1, -0.05) is 24.2 Å². The van der Waals surface area contributed by atoms with E-state index in [2.05, 4.69) is 10.1 Å². The van der Waals surface area contributed by atoms with Crippen LogP contribution in [0.4, 0.5) is 5.69 Å². The number of ether oxygens (including phenoxy) is 1. The monoisotopic (exact) mass is 259 g/mol. The number of aromatic nitrogens is 2. The van der Waals surface area contributed by atoms with Gasteiger partial charge in [0, 0.05) is 18.9 Å². The van der Waals surface area contributed by atoms with Gasteiger partial charge in [-0.2, -0.15) is 4.98 Å². The number of rotatable bonds is 5. The maximum atomic E-state index is 5.71. The van der Waals surface area contributed by atoms with E-state index >= 15 is 0 Å². The first-order chi connectivity index (χ1) is 9.22. The van der Waals surface area contributed by atoms with Crippen LogP contribution in [0.3, 0.4) is 0 Å². The topological polar surface area (TPSA) is 74.2 Å². The first-order valence-electron chi connectivity index (χ1n) is 6.13. The summed E-state index contributed by atoms with van der Waals surface area (Å²) in [5.74, 6) is 1.02. The molecule has 100 valence electrons. The molecule has 0 spiro atoms. The molecule has 1 aromatic carbocycles. The van der Waals surface area contributed by atoms with Crippen LogP contribution in [0.1, 0.15) is 36.7 Å². The molecule has 1 aromatic heterocycles. The van der Waals surface area contributed by atoms with E-state index in [4.69, 9.17) is 15.0 Å². The average molecular weight is 259 g/mol. The summed E-state index contributed by atoms with van der Waals surface area (Å²) < 4.78 is 10.4. The fraction of sp³-hybridized carbons (Fsp3) is 0.286. The summed E-state index contributed by atoms with van der Waals surface area (Å²) in [6.45, 7) is 2.01. The first kappa shape index (κ1) is 13.3. The van der Waals surface area contributed by atoms with Gasteiger partial charge in [0.1, 0.15) is 6.10 Å². The number of benzene rings is 1. The molecular formula is C14H17N3O2. The van der Waals surface area contributed by atoms with Crippen molar-refractivity contribution in [1.82, 2.24) is 10.1 Å². The van der Waals surface area contributed by atoms with Gasteiger partial charge in [0.25, 0.3) is 5.89 Å². The van der Waals surface area contributed by atoms with E-state index in [1.165, 1.54) is 0 Å². The zero-order valence-electron chi connectivity index (χ0n) is 11.0. The predicted octanol–water partition coefficient (Wildman–Crippen LogP) is 2.92. The minimum absolute atomic E-state index is 0.127. The third-order valence-corrected chi connectivity index (χ3v) is 2.73. The normalized spacial score (nSPS) is 12.9. The predicted molar refractivity (Wildman–Crippen MR) is 74.1 cm³/mol. The largest absolute Gasteiger partial charge is 0.399 e. The van der Waals surface area contributed by atoms with Gasteiger partial charge in [0.2, 0.25) is 5.82 Å². The van der Waals surface area contributed by atoms with Gasteiger partial charge in [0.05, 0.1) is 0 Å². The van der Waals surface area contributed by atoms with Gasteiger partial charge >= 0.3 is 0 Å². The van der Waals surface area contributed by atoms with Crippen LogP contribution >= 0.6 is 0 Å². The Labute approximate surface area is 112 Å². The Hall–Kier alpha value is -2.14. The Kier molecular flexibility index (Phi) is 4.30. The average Bonchev–Trinajstić information content (AvgIpc) is 2.87. The Morgan fingerprint density at radius 3 is 2.95 bits per heavy atom. The van der Waals surface area contributed by atoms with Crippen molar-refractivity contribution in [3.05, 3.63) is 41.5 Å². The van der Waals surface area contributed by atoms with Crippen LogP contribution in [0, 0.1) is 0 Å². The summed E-state index contributed by atoms with van der Waals surface area (Å²) in [4.78, 5) is 4.27. The summed E-state index contributed by atoms with van der Waals surface area (Å²) in [6.07, 6.45) is 4.31. The van der Waals surface area contributed by atoms with Gasteiger partial charge in [-0.05, 0) is 30.2 Å². The fourth-order valence-electron chi connectivity index (χ4n) is 1.73. The van der Waals surface area contributed by atoms with E-state index in [0.717, 1.165) is 17.7 Å². The highest BCUT2D eigenvalue weighted by molar-refractivity contribution is 5.67. The second-order valence-electron chi connectivity index (χ2n) is 4.13. The highest BCUT2D eigenvalue weighted by Gasteiger charge is 2.14. The van der Waals surface area contributed by atoms with Gasteiger partial charge < -0.3 is 15.0 Å². The first-order valence-corrected chi connectivity index (χ1v) is 6.13. The van der Waals surface area contributed by atoms with Crippen LogP contribution in [0.15, 0.2) is 28.8 Å². The number of nitrogens with two attached hydrogens (primary N) is 1. The molecule has 0 saturated carbocycles. The summed E-state index contributed by atoms with van der Waals surface area (Å²) in [7, 11) is 1.63. The molecule has 0 aliphatic heterocycles. The Bertz CT molecular complexity index is 559. The lowest BCUT2D eigenvalue weighted by Gasteiger charge is -2.05. The third-order valence-electron chi connectivity index (χ3n) is 2.73. The molecule has 0 aliphatic rings. The van der Waals surface area contributed by atoms with Gasteiger partial charge in [-0.15, -0.1) is 0 Å². The van der Waals surface area contributed by atoms with E-state index in [9.17, 15) is 0 Å². The van der Waals surface area contributed by atoms with Crippen molar-refractivity contribution >= 4 is 17.8 Å². The van der Waals surface area contributed by atoms with Crippen molar-refractivity contribution in [2.75, 3.05) is 12.8 Å². The third kappa shape index (κ3) is 3.42. The summed E-state index contributed by atoms with van der Waals surface area (Å²) in [5, 5.41) is 3.90. The van der Waals surface area contributed by atoms with Crippen molar-refractivity contribution in [2.45, 2.75) is 19.4 Å². The van der Waals surface area contributed by atoms with E-state index in [0.29, 0.717) is 11.7 Å². The standard InChI is InChI=1S/C14H17N3O2/c1-3-12(18-2)14-16-13(19-17-14)8-7-10-5-4-6-11(15)9-10/h4-9,12H,3,15H2,1-2H3/b8-7+. The SMILES string of the molecule is CCC(OC)c1noc(/C=C/c2cccc(N)c2)n1. The molecule has 1 atom stereocenters. The van der Waals surface area contributed by atoms with Gasteiger partial charge in [0.15, 0.2) is 0 Å². The molecule has 1 unspecified atom stereocenters. The molecule has 0 radical (unpaired) electrons. The smallest absolute Gasteiger partial charge is 0.250 e. The molecule has 0 saturated heterocycles. The van der Waals surface area contributed by atoms with Crippen molar-refractivity contribution < 1.29 is 9.26 Å².